The number of ether oxygens (including phenoxy) is 2. The summed E-state index contributed by atoms with van der Waals surface area (Å²) in [6.45, 7) is 2.36. The predicted octanol–water partition coefficient (Wildman–Crippen LogP) is -2.29. The van der Waals surface area contributed by atoms with Crippen LogP contribution in [0.4, 0.5) is 0 Å². The molecule has 0 saturated carbocycles. The number of hydrogen-bond acceptors (Lipinski definition) is 7. The second-order valence-corrected chi connectivity index (χ2v) is 4.06. The van der Waals surface area contributed by atoms with Crippen molar-refractivity contribution < 1.29 is 29.9 Å². The van der Waals surface area contributed by atoms with Crippen LogP contribution in [-0.4, -0.2) is 84.9 Å². The largest absolute Gasteiger partial charge is 0.394 e. The summed E-state index contributed by atoms with van der Waals surface area (Å²) in [5.41, 5.74) is -1.17. The molecule has 0 bridgehead atoms. The van der Waals surface area contributed by atoms with E-state index in [0.29, 0.717) is 19.8 Å². The van der Waals surface area contributed by atoms with Crippen LogP contribution in [0.25, 0.3) is 0 Å². The van der Waals surface area contributed by atoms with Gasteiger partial charge >= 0.3 is 0 Å². The third-order valence-corrected chi connectivity index (χ3v) is 2.51. The Bertz CT molecular complexity index is 180. The molecule has 0 aliphatic carbocycles. The van der Waals surface area contributed by atoms with Crippen molar-refractivity contribution in [1.82, 2.24) is 5.32 Å². The Kier molecular flexibility index (Phi) is 10.5. The summed E-state index contributed by atoms with van der Waals surface area (Å²) in [6, 6.07) is 0. The molecule has 1 unspecified atom stereocenters. The molecule has 7 nitrogen and oxygen atoms in total. The minimum atomic E-state index is -1.17. The fourth-order valence-corrected chi connectivity index (χ4v) is 1.19. The summed E-state index contributed by atoms with van der Waals surface area (Å²) < 4.78 is 10.2. The van der Waals surface area contributed by atoms with E-state index in [9.17, 15) is 5.11 Å². The normalized spacial score (nSPS) is 13.8. The standard InChI is InChI=1S/C11H25NO6/c1-2-17-3-4-18-6-10(16)5-12-11(7-13,8-14)9-15/h10,12-16H,2-9H2,1H3. The number of aliphatic hydroxyl groups is 4. The average molecular weight is 267 g/mol. The van der Waals surface area contributed by atoms with Crippen molar-refractivity contribution >= 4 is 0 Å². The van der Waals surface area contributed by atoms with Crippen molar-refractivity contribution in [1.29, 1.82) is 0 Å². The topological polar surface area (TPSA) is 111 Å². The van der Waals surface area contributed by atoms with Crippen molar-refractivity contribution in [3.8, 4) is 0 Å². The second-order valence-electron chi connectivity index (χ2n) is 4.06. The van der Waals surface area contributed by atoms with Crippen molar-refractivity contribution in [2.75, 3.05) is 52.8 Å². The lowest BCUT2D eigenvalue weighted by atomic mass is 10.0. The monoisotopic (exact) mass is 267 g/mol. The highest BCUT2D eigenvalue weighted by Gasteiger charge is 2.27. The van der Waals surface area contributed by atoms with E-state index in [1.165, 1.54) is 0 Å². The first kappa shape index (κ1) is 17.7. The molecule has 0 spiro atoms. The quantitative estimate of drug-likeness (QED) is 0.253. The third kappa shape index (κ3) is 7.22. The molecule has 1 atom stereocenters. The van der Waals surface area contributed by atoms with Gasteiger partial charge in [-0.2, -0.15) is 0 Å². The zero-order valence-corrected chi connectivity index (χ0v) is 10.8. The zero-order valence-electron chi connectivity index (χ0n) is 10.8. The molecule has 0 radical (unpaired) electrons. The van der Waals surface area contributed by atoms with Crippen LogP contribution in [0.2, 0.25) is 0 Å². The van der Waals surface area contributed by atoms with Crippen LogP contribution in [-0.2, 0) is 9.47 Å². The number of aliphatic hydroxyl groups excluding tert-OH is 4. The minimum absolute atomic E-state index is 0.107. The highest BCUT2D eigenvalue weighted by atomic mass is 16.5. The lowest BCUT2D eigenvalue weighted by Crippen LogP contribution is -2.57. The summed E-state index contributed by atoms with van der Waals surface area (Å²) in [5, 5.41) is 39.5. The molecular weight excluding hydrogens is 242 g/mol. The van der Waals surface area contributed by atoms with Gasteiger partial charge in [-0.3, -0.25) is 0 Å². The van der Waals surface area contributed by atoms with Crippen molar-refractivity contribution in [3.05, 3.63) is 0 Å². The van der Waals surface area contributed by atoms with E-state index in [0.717, 1.165) is 0 Å². The smallest absolute Gasteiger partial charge is 0.0897 e. The maximum atomic E-state index is 9.58. The van der Waals surface area contributed by atoms with Crippen LogP contribution in [0.3, 0.4) is 0 Å². The van der Waals surface area contributed by atoms with Gasteiger partial charge in [0, 0.05) is 13.2 Å². The van der Waals surface area contributed by atoms with Gasteiger partial charge in [-0.05, 0) is 6.92 Å². The van der Waals surface area contributed by atoms with Crippen molar-refractivity contribution in [3.63, 3.8) is 0 Å². The van der Waals surface area contributed by atoms with E-state index in [1.807, 2.05) is 6.92 Å². The van der Waals surface area contributed by atoms with E-state index in [4.69, 9.17) is 24.8 Å². The molecule has 0 saturated heterocycles. The predicted molar refractivity (Wildman–Crippen MR) is 65.3 cm³/mol. The molecular formula is C11H25NO6. The van der Waals surface area contributed by atoms with Gasteiger partial charge in [0.25, 0.3) is 0 Å². The van der Waals surface area contributed by atoms with Crippen LogP contribution in [0.1, 0.15) is 6.92 Å². The van der Waals surface area contributed by atoms with E-state index in [1.54, 1.807) is 0 Å². The molecule has 0 aromatic carbocycles. The van der Waals surface area contributed by atoms with Crippen LogP contribution in [0.5, 0.6) is 0 Å². The van der Waals surface area contributed by atoms with E-state index >= 15 is 0 Å². The second kappa shape index (κ2) is 10.6. The molecule has 0 aromatic rings. The fraction of sp³-hybridized carbons (Fsp3) is 1.00. The Morgan fingerprint density at radius 2 is 1.61 bits per heavy atom. The average Bonchev–Trinajstić information content (AvgIpc) is 2.41. The number of β-amino-alcohol motifs (C(OH)–C–C–N with tert-alkyl or cyclic N) is 1. The SMILES string of the molecule is CCOCCOCC(O)CNC(CO)(CO)CO. The molecule has 0 fully saturated rings. The van der Waals surface area contributed by atoms with E-state index in [-0.39, 0.29) is 13.2 Å². The molecule has 0 amide bonds. The van der Waals surface area contributed by atoms with Gasteiger partial charge in [-0.25, -0.2) is 0 Å². The first-order valence-corrected chi connectivity index (χ1v) is 6.05. The van der Waals surface area contributed by atoms with Crippen molar-refractivity contribution in [2.45, 2.75) is 18.6 Å². The van der Waals surface area contributed by atoms with Crippen LogP contribution in [0, 0.1) is 0 Å². The van der Waals surface area contributed by atoms with Gasteiger partial charge in [0.05, 0.1) is 51.3 Å². The highest BCUT2D eigenvalue weighted by molar-refractivity contribution is 4.86. The minimum Gasteiger partial charge on any atom is -0.394 e. The molecule has 0 aliphatic rings. The van der Waals surface area contributed by atoms with Gasteiger partial charge in [-0.15, -0.1) is 0 Å². The van der Waals surface area contributed by atoms with Crippen LogP contribution < -0.4 is 5.32 Å². The zero-order chi connectivity index (χ0) is 13.9. The number of nitrogens with one attached hydrogen (secondary N) is 1. The van der Waals surface area contributed by atoms with Gasteiger partial charge in [0.1, 0.15) is 0 Å². The summed E-state index contributed by atoms with van der Waals surface area (Å²) in [6.07, 6.45) is -0.782. The first-order chi connectivity index (χ1) is 8.64. The molecule has 0 rings (SSSR count). The lowest BCUT2D eigenvalue weighted by Gasteiger charge is -2.29. The Morgan fingerprint density at radius 3 is 2.11 bits per heavy atom. The lowest BCUT2D eigenvalue weighted by molar-refractivity contribution is -0.00665. The number of rotatable bonds is 12. The van der Waals surface area contributed by atoms with Gasteiger partial charge in [0.2, 0.25) is 0 Å². The molecule has 0 aliphatic heterocycles. The summed E-state index contributed by atoms with van der Waals surface area (Å²) in [7, 11) is 0. The summed E-state index contributed by atoms with van der Waals surface area (Å²) in [5.74, 6) is 0. The number of hydrogen-bond donors (Lipinski definition) is 5. The molecule has 0 heterocycles. The van der Waals surface area contributed by atoms with Gasteiger partial charge in [0.15, 0.2) is 0 Å². The van der Waals surface area contributed by atoms with Gasteiger partial charge in [-0.1, -0.05) is 0 Å². The van der Waals surface area contributed by atoms with E-state index < -0.39 is 31.5 Å². The Balaban J connectivity index is 3.71. The Labute approximate surface area is 107 Å². The molecule has 18 heavy (non-hydrogen) atoms. The highest BCUT2D eigenvalue weighted by Crippen LogP contribution is 2.01. The fourth-order valence-electron chi connectivity index (χ4n) is 1.19. The molecule has 7 heteroatoms. The maximum Gasteiger partial charge on any atom is 0.0897 e. The first-order valence-electron chi connectivity index (χ1n) is 6.05. The summed E-state index contributed by atoms with van der Waals surface area (Å²) >= 11 is 0. The van der Waals surface area contributed by atoms with Crippen LogP contribution in [0.15, 0.2) is 0 Å². The maximum absolute atomic E-state index is 9.58. The third-order valence-electron chi connectivity index (χ3n) is 2.51. The van der Waals surface area contributed by atoms with Gasteiger partial charge < -0.3 is 35.2 Å². The molecule has 0 aromatic heterocycles. The summed E-state index contributed by atoms with van der Waals surface area (Å²) in [4.78, 5) is 0. The Morgan fingerprint density at radius 1 is 1.06 bits per heavy atom. The molecule has 5 N–H and O–H groups in total. The van der Waals surface area contributed by atoms with E-state index in [2.05, 4.69) is 5.32 Å². The Hall–Kier alpha value is -0.280. The van der Waals surface area contributed by atoms with Crippen molar-refractivity contribution in [2.24, 2.45) is 0 Å². The molecule has 110 valence electrons. The van der Waals surface area contributed by atoms with Crippen LogP contribution >= 0.6 is 0 Å².